The maximum atomic E-state index is 5.22. The van der Waals surface area contributed by atoms with Gasteiger partial charge in [0, 0.05) is 12.7 Å². The van der Waals surface area contributed by atoms with Gasteiger partial charge in [0.05, 0.1) is 11.6 Å². The van der Waals surface area contributed by atoms with Crippen molar-refractivity contribution in [3.05, 3.63) is 28.5 Å². The van der Waals surface area contributed by atoms with Gasteiger partial charge in [-0.25, -0.2) is 0 Å². The molecule has 0 aliphatic carbocycles. The third-order valence-electron chi connectivity index (χ3n) is 2.73. The van der Waals surface area contributed by atoms with E-state index < -0.39 is 0 Å². The Morgan fingerprint density at radius 3 is 2.85 bits per heavy atom. The first kappa shape index (κ1) is 13.5. The summed E-state index contributed by atoms with van der Waals surface area (Å²) in [5, 5.41) is 13.5. The number of halogens is 1. The minimum absolute atomic E-state index is 0.386. The van der Waals surface area contributed by atoms with Gasteiger partial charge in [-0.05, 0) is 34.1 Å². The minimum Gasteiger partial charge on any atom is -0.496 e. The molecule has 0 unspecified atom stereocenters. The SMILES string of the molecule is COCc1nnc2sc(-c3ccc(OC)c(Br)c3)nn12. The van der Waals surface area contributed by atoms with Crippen LogP contribution >= 0.6 is 27.3 Å². The first-order valence-corrected chi connectivity index (χ1v) is 7.38. The second-order valence-corrected chi connectivity index (χ2v) is 5.81. The Bertz CT molecular complexity index is 755. The number of hydrogen-bond acceptors (Lipinski definition) is 6. The number of nitrogens with zero attached hydrogens (tertiary/aromatic N) is 4. The van der Waals surface area contributed by atoms with Crippen molar-refractivity contribution in [2.75, 3.05) is 14.2 Å². The van der Waals surface area contributed by atoms with Crippen LogP contribution in [0.25, 0.3) is 15.5 Å². The molecule has 2 aromatic heterocycles. The summed E-state index contributed by atoms with van der Waals surface area (Å²) in [6.45, 7) is 0.386. The molecule has 20 heavy (non-hydrogen) atoms. The largest absolute Gasteiger partial charge is 0.496 e. The summed E-state index contributed by atoms with van der Waals surface area (Å²) < 4.78 is 12.9. The maximum Gasteiger partial charge on any atom is 0.235 e. The lowest BCUT2D eigenvalue weighted by atomic mass is 10.2. The molecule has 0 atom stereocenters. The first-order chi connectivity index (χ1) is 9.72. The predicted octanol–water partition coefficient (Wildman–Crippen LogP) is 2.77. The molecular weight excluding hydrogens is 344 g/mol. The predicted molar refractivity (Wildman–Crippen MR) is 79.1 cm³/mol. The van der Waals surface area contributed by atoms with Crippen molar-refractivity contribution in [3.63, 3.8) is 0 Å². The van der Waals surface area contributed by atoms with Gasteiger partial charge in [-0.2, -0.15) is 9.61 Å². The Kier molecular flexibility index (Phi) is 3.68. The molecule has 8 heteroatoms. The standard InChI is InChI=1S/C12H11BrN4O2S/c1-18-6-10-14-15-12-17(10)16-11(20-12)7-3-4-9(19-2)8(13)5-7/h3-5H,6H2,1-2H3. The van der Waals surface area contributed by atoms with Gasteiger partial charge in [-0.15, -0.1) is 10.2 Å². The molecule has 0 radical (unpaired) electrons. The lowest BCUT2D eigenvalue weighted by Crippen LogP contribution is -1.97. The Morgan fingerprint density at radius 1 is 1.30 bits per heavy atom. The molecular formula is C12H11BrN4O2S. The van der Waals surface area contributed by atoms with Crippen molar-refractivity contribution in [1.29, 1.82) is 0 Å². The topological polar surface area (TPSA) is 61.5 Å². The molecule has 104 valence electrons. The van der Waals surface area contributed by atoms with E-state index in [2.05, 4.69) is 31.2 Å². The smallest absolute Gasteiger partial charge is 0.235 e. The van der Waals surface area contributed by atoms with Crippen LogP contribution in [0.5, 0.6) is 5.75 Å². The van der Waals surface area contributed by atoms with Crippen LogP contribution in [0, 0.1) is 0 Å². The van der Waals surface area contributed by atoms with Crippen LogP contribution in [0.2, 0.25) is 0 Å². The molecule has 3 aromatic rings. The number of ether oxygens (including phenoxy) is 2. The molecule has 0 aliphatic rings. The monoisotopic (exact) mass is 354 g/mol. The summed E-state index contributed by atoms with van der Waals surface area (Å²) in [6.07, 6.45) is 0. The molecule has 3 rings (SSSR count). The Labute approximate surface area is 127 Å². The van der Waals surface area contributed by atoms with Crippen LogP contribution in [0.1, 0.15) is 5.82 Å². The zero-order valence-corrected chi connectivity index (χ0v) is 13.2. The van der Waals surface area contributed by atoms with Crippen LogP contribution in [0.4, 0.5) is 0 Å². The molecule has 0 fully saturated rings. The average Bonchev–Trinajstić information content (AvgIpc) is 3.01. The number of benzene rings is 1. The van der Waals surface area contributed by atoms with Gasteiger partial charge in [0.2, 0.25) is 4.96 Å². The van der Waals surface area contributed by atoms with E-state index in [0.29, 0.717) is 12.4 Å². The minimum atomic E-state index is 0.386. The van der Waals surface area contributed by atoms with E-state index in [9.17, 15) is 0 Å². The van der Waals surface area contributed by atoms with Gasteiger partial charge in [0.1, 0.15) is 17.4 Å². The third-order valence-corrected chi connectivity index (χ3v) is 4.30. The summed E-state index contributed by atoms with van der Waals surface area (Å²) in [5.74, 6) is 1.48. The van der Waals surface area contributed by atoms with Crippen molar-refractivity contribution >= 4 is 32.2 Å². The normalized spacial score (nSPS) is 11.2. The molecule has 0 N–H and O–H groups in total. The van der Waals surface area contributed by atoms with Crippen LogP contribution in [-0.4, -0.2) is 34.0 Å². The number of methoxy groups -OCH3 is 2. The lowest BCUT2D eigenvalue weighted by molar-refractivity contribution is 0.176. The second-order valence-electron chi connectivity index (χ2n) is 4.00. The Hall–Kier alpha value is -1.51. The van der Waals surface area contributed by atoms with Gasteiger partial charge in [0.25, 0.3) is 0 Å². The zero-order valence-electron chi connectivity index (χ0n) is 10.8. The van der Waals surface area contributed by atoms with E-state index in [4.69, 9.17) is 9.47 Å². The first-order valence-electron chi connectivity index (χ1n) is 5.77. The summed E-state index contributed by atoms with van der Waals surface area (Å²) in [5.41, 5.74) is 0.997. The van der Waals surface area contributed by atoms with Gasteiger partial charge in [-0.1, -0.05) is 11.3 Å². The fourth-order valence-electron chi connectivity index (χ4n) is 1.79. The van der Waals surface area contributed by atoms with Crippen molar-refractivity contribution in [2.24, 2.45) is 0 Å². The zero-order chi connectivity index (χ0) is 14.1. The van der Waals surface area contributed by atoms with Crippen molar-refractivity contribution < 1.29 is 9.47 Å². The molecule has 6 nitrogen and oxygen atoms in total. The molecule has 0 spiro atoms. The number of aromatic nitrogens is 4. The van der Waals surface area contributed by atoms with Crippen molar-refractivity contribution in [2.45, 2.75) is 6.61 Å². The summed E-state index contributed by atoms with van der Waals surface area (Å²) in [6, 6.07) is 5.84. The summed E-state index contributed by atoms with van der Waals surface area (Å²) >= 11 is 4.96. The summed E-state index contributed by atoms with van der Waals surface area (Å²) in [7, 11) is 3.26. The van der Waals surface area contributed by atoms with Crippen LogP contribution in [-0.2, 0) is 11.3 Å². The molecule has 0 bridgehead atoms. The number of fused-ring (bicyclic) bond motifs is 1. The van der Waals surface area contributed by atoms with Crippen molar-refractivity contribution in [1.82, 2.24) is 19.8 Å². The van der Waals surface area contributed by atoms with E-state index in [1.807, 2.05) is 18.2 Å². The number of hydrogen-bond donors (Lipinski definition) is 0. The van der Waals surface area contributed by atoms with Crippen LogP contribution in [0.3, 0.4) is 0 Å². The quantitative estimate of drug-likeness (QED) is 0.720. The molecule has 1 aromatic carbocycles. The number of rotatable bonds is 4. The Balaban J connectivity index is 2.03. The lowest BCUT2D eigenvalue weighted by Gasteiger charge is -2.03. The Morgan fingerprint density at radius 2 is 2.15 bits per heavy atom. The highest BCUT2D eigenvalue weighted by Crippen LogP contribution is 2.32. The van der Waals surface area contributed by atoms with E-state index >= 15 is 0 Å². The maximum absolute atomic E-state index is 5.22. The van der Waals surface area contributed by atoms with E-state index in [1.165, 1.54) is 11.3 Å². The van der Waals surface area contributed by atoms with E-state index in [0.717, 1.165) is 25.8 Å². The van der Waals surface area contributed by atoms with E-state index in [-0.39, 0.29) is 0 Å². The van der Waals surface area contributed by atoms with Crippen LogP contribution < -0.4 is 4.74 Å². The molecule has 0 amide bonds. The van der Waals surface area contributed by atoms with Crippen LogP contribution in [0.15, 0.2) is 22.7 Å². The molecule has 2 heterocycles. The highest BCUT2D eigenvalue weighted by molar-refractivity contribution is 9.10. The highest BCUT2D eigenvalue weighted by atomic mass is 79.9. The van der Waals surface area contributed by atoms with Gasteiger partial charge in [-0.3, -0.25) is 0 Å². The van der Waals surface area contributed by atoms with E-state index in [1.54, 1.807) is 18.7 Å². The second kappa shape index (κ2) is 5.47. The fourth-order valence-corrected chi connectivity index (χ4v) is 3.19. The third kappa shape index (κ3) is 2.30. The highest BCUT2D eigenvalue weighted by Gasteiger charge is 2.13. The summed E-state index contributed by atoms with van der Waals surface area (Å²) in [4.78, 5) is 0.749. The van der Waals surface area contributed by atoms with Gasteiger partial charge >= 0.3 is 0 Å². The average molecular weight is 355 g/mol. The fraction of sp³-hybridized carbons (Fsp3) is 0.250. The van der Waals surface area contributed by atoms with Crippen molar-refractivity contribution in [3.8, 4) is 16.3 Å². The molecule has 0 saturated carbocycles. The molecule has 0 saturated heterocycles. The molecule has 0 aliphatic heterocycles. The van der Waals surface area contributed by atoms with Gasteiger partial charge in [0.15, 0.2) is 5.82 Å². The van der Waals surface area contributed by atoms with Gasteiger partial charge < -0.3 is 9.47 Å².